The topological polar surface area (TPSA) is 24.9 Å². The molecule has 2 aromatic rings. The third-order valence-corrected chi connectivity index (χ3v) is 5.01. The molecule has 0 atom stereocenters. The number of hydrogen-bond donors (Lipinski definition) is 1. The van der Waals surface area contributed by atoms with Crippen LogP contribution in [-0.4, -0.2) is 11.5 Å². The molecule has 1 aromatic carbocycles. The van der Waals surface area contributed by atoms with Crippen LogP contribution in [0.4, 0.5) is 5.82 Å². The van der Waals surface area contributed by atoms with Crippen molar-refractivity contribution >= 4 is 56.7 Å². The average Bonchev–Trinajstić information content (AvgIpc) is 2.38. The molecule has 2 nitrogen and oxygen atoms in total. The number of benzene rings is 1. The van der Waals surface area contributed by atoms with Crippen molar-refractivity contribution in [2.24, 2.45) is 0 Å². The molecule has 19 heavy (non-hydrogen) atoms. The molecule has 0 radical (unpaired) electrons. The van der Waals surface area contributed by atoms with E-state index in [1.165, 1.54) is 11.8 Å². The molecule has 0 saturated heterocycles. The minimum Gasteiger partial charge on any atom is -0.369 e. The molecule has 0 bridgehead atoms. The summed E-state index contributed by atoms with van der Waals surface area (Å²) in [5.41, 5.74) is 0. The highest BCUT2D eigenvalue weighted by Crippen LogP contribution is 2.38. The first kappa shape index (κ1) is 15.0. The molecule has 0 fully saturated rings. The molecule has 1 aromatic heterocycles. The largest absolute Gasteiger partial charge is 0.369 e. The summed E-state index contributed by atoms with van der Waals surface area (Å²) in [6, 6.07) is 9.65. The van der Waals surface area contributed by atoms with Crippen LogP contribution in [0.15, 0.2) is 44.7 Å². The zero-order valence-electron chi connectivity index (χ0n) is 10.1. The number of aromatic nitrogens is 1. The summed E-state index contributed by atoms with van der Waals surface area (Å²) in [4.78, 5) is 5.52. The van der Waals surface area contributed by atoms with Crippen LogP contribution < -0.4 is 5.32 Å². The molecule has 6 heteroatoms. The zero-order chi connectivity index (χ0) is 13.8. The molecule has 1 N–H and O–H groups in total. The molecule has 0 aliphatic rings. The lowest BCUT2D eigenvalue weighted by Gasteiger charge is -2.10. The van der Waals surface area contributed by atoms with Crippen molar-refractivity contribution in [3.8, 4) is 0 Å². The van der Waals surface area contributed by atoms with Gasteiger partial charge in [0, 0.05) is 15.9 Å². The van der Waals surface area contributed by atoms with E-state index in [0.29, 0.717) is 15.9 Å². The fourth-order valence-corrected chi connectivity index (χ4v) is 3.33. The lowest BCUT2D eigenvalue weighted by molar-refractivity contribution is 1.08. The number of rotatable bonds is 4. The van der Waals surface area contributed by atoms with Gasteiger partial charge >= 0.3 is 0 Å². The van der Waals surface area contributed by atoms with Gasteiger partial charge in [-0.05, 0) is 41.1 Å². The first-order valence-electron chi connectivity index (χ1n) is 5.64. The minimum absolute atomic E-state index is 0.531. The maximum Gasteiger partial charge on any atom is 0.146 e. The molecule has 2 rings (SSSR count). The van der Waals surface area contributed by atoms with Crippen molar-refractivity contribution in [3.63, 3.8) is 0 Å². The summed E-state index contributed by atoms with van der Waals surface area (Å²) < 4.78 is 1.01. The van der Waals surface area contributed by atoms with E-state index in [9.17, 15) is 0 Å². The van der Waals surface area contributed by atoms with Crippen LogP contribution >= 0.6 is 50.9 Å². The number of nitrogens with zero attached hydrogens (tertiary/aromatic N) is 1. The summed E-state index contributed by atoms with van der Waals surface area (Å²) in [6.07, 6.45) is 0. The van der Waals surface area contributed by atoms with Gasteiger partial charge in [-0.2, -0.15) is 0 Å². The van der Waals surface area contributed by atoms with Crippen LogP contribution in [0.1, 0.15) is 6.92 Å². The van der Waals surface area contributed by atoms with Gasteiger partial charge in [-0.25, -0.2) is 4.98 Å². The minimum atomic E-state index is 0.531. The summed E-state index contributed by atoms with van der Waals surface area (Å²) in [7, 11) is 0. The molecule has 1 heterocycles. The lowest BCUT2D eigenvalue weighted by atomic mass is 10.4. The van der Waals surface area contributed by atoms with Gasteiger partial charge in [0.15, 0.2) is 0 Å². The van der Waals surface area contributed by atoms with Gasteiger partial charge in [-0.3, -0.25) is 0 Å². The Morgan fingerprint density at radius 3 is 2.68 bits per heavy atom. The number of pyridine rings is 1. The van der Waals surface area contributed by atoms with E-state index in [1.54, 1.807) is 6.07 Å². The van der Waals surface area contributed by atoms with Gasteiger partial charge in [-0.1, -0.05) is 47.1 Å². The molecular weight excluding hydrogens is 367 g/mol. The van der Waals surface area contributed by atoms with Gasteiger partial charge in [0.25, 0.3) is 0 Å². The van der Waals surface area contributed by atoms with Crippen molar-refractivity contribution in [3.05, 3.63) is 44.8 Å². The number of anilines is 1. The third-order valence-electron chi connectivity index (χ3n) is 2.28. The molecule has 0 saturated carbocycles. The monoisotopic (exact) mass is 376 g/mol. The van der Waals surface area contributed by atoms with E-state index in [1.807, 2.05) is 31.2 Å². The molecule has 0 amide bonds. The van der Waals surface area contributed by atoms with E-state index in [0.717, 1.165) is 20.9 Å². The Bertz CT molecular complexity index is 593. The average molecular weight is 378 g/mol. The van der Waals surface area contributed by atoms with E-state index < -0.39 is 0 Å². The maximum atomic E-state index is 6.19. The van der Waals surface area contributed by atoms with E-state index in [2.05, 4.69) is 26.2 Å². The van der Waals surface area contributed by atoms with Gasteiger partial charge in [0.05, 0.1) is 10.0 Å². The highest BCUT2D eigenvalue weighted by Gasteiger charge is 2.11. The second kappa shape index (κ2) is 6.84. The number of hydrogen-bond acceptors (Lipinski definition) is 3. The maximum absolute atomic E-state index is 6.19. The van der Waals surface area contributed by atoms with Crippen LogP contribution in [0.2, 0.25) is 10.0 Å². The van der Waals surface area contributed by atoms with Gasteiger partial charge in [0.1, 0.15) is 10.8 Å². The summed E-state index contributed by atoms with van der Waals surface area (Å²) >= 11 is 17.3. The first-order valence-corrected chi connectivity index (χ1v) is 8.00. The van der Waals surface area contributed by atoms with E-state index in [4.69, 9.17) is 23.2 Å². The highest BCUT2D eigenvalue weighted by atomic mass is 79.9. The molecule has 0 spiro atoms. The smallest absolute Gasteiger partial charge is 0.146 e. The van der Waals surface area contributed by atoms with Crippen LogP contribution in [0.25, 0.3) is 0 Å². The van der Waals surface area contributed by atoms with E-state index >= 15 is 0 Å². The second-order valence-corrected chi connectivity index (χ2v) is 6.37. The Labute approximate surface area is 135 Å². The molecule has 0 unspecified atom stereocenters. The van der Waals surface area contributed by atoms with Crippen LogP contribution in [0.3, 0.4) is 0 Å². The van der Waals surface area contributed by atoms with Crippen molar-refractivity contribution in [1.82, 2.24) is 4.98 Å². The van der Waals surface area contributed by atoms with Gasteiger partial charge in [0.2, 0.25) is 0 Å². The quantitative estimate of drug-likeness (QED) is 0.735. The molecule has 0 aliphatic carbocycles. The van der Waals surface area contributed by atoms with Gasteiger partial charge in [-0.15, -0.1) is 0 Å². The van der Waals surface area contributed by atoms with Crippen LogP contribution in [0, 0.1) is 0 Å². The van der Waals surface area contributed by atoms with Gasteiger partial charge < -0.3 is 5.32 Å². The Balaban J connectivity index is 2.34. The highest BCUT2D eigenvalue weighted by molar-refractivity contribution is 9.10. The summed E-state index contributed by atoms with van der Waals surface area (Å²) in [6.45, 7) is 2.75. The predicted octanol–water partition coefficient (Wildman–Crippen LogP) is 5.73. The Hall–Kier alpha value is -0.420. The van der Waals surface area contributed by atoms with Crippen molar-refractivity contribution in [2.45, 2.75) is 16.8 Å². The number of nitrogens with one attached hydrogen (secondary N) is 1. The van der Waals surface area contributed by atoms with Crippen molar-refractivity contribution < 1.29 is 0 Å². The van der Waals surface area contributed by atoms with Crippen LogP contribution in [0.5, 0.6) is 0 Å². The van der Waals surface area contributed by atoms with Crippen molar-refractivity contribution in [2.75, 3.05) is 11.9 Å². The fourth-order valence-electron chi connectivity index (χ4n) is 1.44. The van der Waals surface area contributed by atoms with Crippen molar-refractivity contribution in [1.29, 1.82) is 0 Å². The Morgan fingerprint density at radius 1 is 1.26 bits per heavy atom. The van der Waals surface area contributed by atoms with E-state index in [-0.39, 0.29) is 0 Å². The normalized spacial score (nSPS) is 10.5. The summed E-state index contributed by atoms with van der Waals surface area (Å²) in [5.74, 6) is 0.656. The Kier molecular flexibility index (Phi) is 5.39. The zero-order valence-corrected chi connectivity index (χ0v) is 14.0. The Morgan fingerprint density at radius 2 is 2.00 bits per heavy atom. The second-order valence-electron chi connectivity index (χ2n) is 3.67. The standard InChI is InChI=1S/C13H11BrCl2N2S/c1-2-17-12-9(15)7-10(16)13(18-12)19-11-6-4-3-5-8(11)14/h3-7H,2H2,1H3,(H,17,18). The summed E-state index contributed by atoms with van der Waals surface area (Å²) in [5, 5.41) is 4.93. The number of halogens is 3. The molecular formula is C13H11BrCl2N2S. The third kappa shape index (κ3) is 3.78. The molecule has 0 aliphatic heterocycles. The van der Waals surface area contributed by atoms with Crippen LogP contribution in [-0.2, 0) is 0 Å². The first-order chi connectivity index (χ1) is 9.11. The predicted molar refractivity (Wildman–Crippen MR) is 86.7 cm³/mol. The SMILES string of the molecule is CCNc1nc(Sc2ccccc2Br)c(Cl)cc1Cl. The molecule has 100 valence electrons. The fraction of sp³-hybridized carbons (Fsp3) is 0.154. The lowest BCUT2D eigenvalue weighted by Crippen LogP contribution is -2.01.